The van der Waals surface area contributed by atoms with Gasteiger partial charge in [0.15, 0.2) is 0 Å². The Balaban J connectivity index is 1.94. The van der Waals surface area contributed by atoms with Crippen LogP contribution in [0.15, 0.2) is 69.9 Å². The minimum absolute atomic E-state index is 0.255. The molecule has 3 aromatic rings. The summed E-state index contributed by atoms with van der Waals surface area (Å²) in [6, 6.07) is 15.9. The molecule has 0 aliphatic rings. The van der Waals surface area contributed by atoms with Gasteiger partial charge in [0.1, 0.15) is 0 Å². The van der Waals surface area contributed by atoms with Gasteiger partial charge < -0.3 is 0 Å². The lowest BCUT2D eigenvalue weighted by atomic mass is 10.1. The van der Waals surface area contributed by atoms with Gasteiger partial charge in [-0.1, -0.05) is 50.1 Å². The molecule has 0 amide bonds. The maximum atomic E-state index is 6.61. The van der Waals surface area contributed by atoms with Crippen molar-refractivity contribution >= 4 is 43.5 Å². The van der Waals surface area contributed by atoms with E-state index in [4.69, 9.17) is 11.6 Å². The van der Waals surface area contributed by atoms with Crippen molar-refractivity contribution in [3.05, 3.63) is 81.0 Å². The number of para-hydroxylation sites is 1. The van der Waals surface area contributed by atoms with Gasteiger partial charge in [-0.2, -0.15) is 5.10 Å². The lowest BCUT2D eigenvalue weighted by Crippen LogP contribution is -1.95. The third-order valence-electron chi connectivity index (χ3n) is 3.15. The number of rotatable bonds is 3. The van der Waals surface area contributed by atoms with E-state index in [0.29, 0.717) is 0 Å². The first kappa shape index (κ1) is 14.8. The molecule has 5 heteroatoms. The molecule has 0 fully saturated rings. The minimum atomic E-state index is -0.255. The highest BCUT2D eigenvalue weighted by Gasteiger charge is 2.16. The molecule has 0 aliphatic heterocycles. The second-order valence-corrected chi connectivity index (χ2v) is 6.79. The average Bonchev–Trinajstić information content (AvgIpc) is 3.00. The van der Waals surface area contributed by atoms with Crippen molar-refractivity contribution in [1.29, 1.82) is 0 Å². The van der Waals surface area contributed by atoms with E-state index in [1.54, 1.807) is 6.20 Å². The van der Waals surface area contributed by atoms with Crippen molar-refractivity contribution in [3.8, 4) is 5.69 Å². The highest BCUT2D eigenvalue weighted by atomic mass is 79.9. The molecule has 0 spiro atoms. The predicted molar refractivity (Wildman–Crippen MR) is 93.1 cm³/mol. The predicted octanol–water partition coefficient (Wildman–Crippen LogP) is 5.73. The third kappa shape index (κ3) is 3.23. The molecule has 0 saturated carbocycles. The smallest absolute Gasteiger partial charge is 0.0877 e. The average molecular weight is 427 g/mol. The number of nitrogens with zero attached hydrogens (tertiary/aromatic N) is 2. The summed E-state index contributed by atoms with van der Waals surface area (Å²) in [5.41, 5.74) is 2.99. The highest BCUT2D eigenvalue weighted by molar-refractivity contribution is 9.11. The highest BCUT2D eigenvalue weighted by Crippen LogP contribution is 2.35. The summed E-state index contributed by atoms with van der Waals surface area (Å²) < 4.78 is 3.82. The van der Waals surface area contributed by atoms with E-state index in [-0.39, 0.29) is 5.38 Å². The Hall–Kier alpha value is -1.10. The molecule has 2 nitrogen and oxygen atoms in total. The summed E-state index contributed by atoms with van der Waals surface area (Å²) >= 11 is 13.6. The van der Waals surface area contributed by atoms with Gasteiger partial charge in [0.2, 0.25) is 0 Å². The van der Waals surface area contributed by atoms with Gasteiger partial charge in [-0.25, -0.2) is 4.68 Å². The molecule has 3 rings (SSSR count). The molecule has 0 saturated heterocycles. The maximum Gasteiger partial charge on any atom is 0.0877 e. The zero-order valence-electron chi connectivity index (χ0n) is 10.9. The molecule has 1 unspecified atom stereocenters. The van der Waals surface area contributed by atoms with E-state index >= 15 is 0 Å². The molecule has 1 heterocycles. The van der Waals surface area contributed by atoms with Gasteiger partial charge in [0.25, 0.3) is 0 Å². The van der Waals surface area contributed by atoms with Crippen LogP contribution in [-0.4, -0.2) is 9.78 Å². The lowest BCUT2D eigenvalue weighted by Gasteiger charge is -2.10. The van der Waals surface area contributed by atoms with Crippen LogP contribution in [-0.2, 0) is 0 Å². The standard InChI is InChI=1S/C16H11Br2ClN2/c17-12-6-7-15(18)14(8-12)16(19)11-9-20-21(10-11)13-4-2-1-3-5-13/h1-10,16H. The fourth-order valence-corrected chi connectivity index (χ4v) is 3.36. The van der Waals surface area contributed by atoms with Gasteiger partial charge >= 0.3 is 0 Å². The van der Waals surface area contributed by atoms with Crippen LogP contribution in [0.2, 0.25) is 0 Å². The fraction of sp³-hybridized carbons (Fsp3) is 0.0625. The Morgan fingerprint density at radius 2 is 1.81 bits per heavy atom. The summed E-state index contributed by atoms with van der Waals surface area (Å²) in [4.78, 5) is 0. The van der Waals surface area contributed by atoms with Crippen LogP contribution in [0, 0.1) is 0 Å². The molecule has 0 N–H and O–H groups in total. The first-order valence-corrected chi connectivity index (χ1v) is 8.36. The first-order valence-electron chi connectivity index (χ1n) is 6.34. The van der Waals surface area contributed by atoms with E-state index < -0.39 is 0 Å². The van der Waals surface area contributed by atoms with Gasteiger partial charge in [0.05, 0.1) is 17.3 Å². The first-order chi connectivity index (χ1) is 10.1. The van der Waals surface area contributed by atoms with Crippen LogP contribution in [0.5, 0.6) is 0 Å². The number of hydrogen-bond donors (Lipinski definition) is 0. The van der Waals surface area contributed by atoms with Crippen molar-refractivity contribution in [2.75, 3.05) is 0 Å². The lowest BCUT2D eigenvalue weighted by molar-refractivity contribution is 0.880. The van der Waals surface area contributed by atoms with Gasteiger partial charge in [-0.3, -0.25) is 0 Å². The van der Waals surface area contributed by atoms with E-state index in [0.717, 1.165) is 25.8 Å². The zero-order chi connectivity index (χ0) is 14.8. The molecular weight excluding hydrogens is 415 g/mol. The monoisotopic (exact) mass is 424 g/mol. The molecule has 0 aliphatic carbocycles. The van der Waals surface area contributed by atoms with Crippen LogP contribution in [0.3, 0.4) is 0 Å². The van der Waals surface area contributed by atoms with Crippen molar-refractivity contribution in [3.63, 3.8) is 0 Å². The molecule has 21 heavy (non-hydrogen) atoms. The quantitative estimate of drug-likeness (QED) is 0.490. The van der Waals surface area contributed by atoms with Gasteiger partial charge in [-0.05, 0) is 35.9 Å². The second-order valence-electron chi connectivity index (χ2n) is 4.58. The Bertz CT molecular complexity index is 756. The van der Waals surface area contributed by atoms with Crippen molar-refractivity contribution in [2.24, 2.45) is 0 Å². The molecule has 1 atom stereocenters. The minimum Gasteiger partial charge on any atom is -0.241 e. The molecule has 0 radical (unpaired) electrons. The summed E-state index contributed by atoms with van der Waals surface area (Å²) in [5.74, 6) is 0. The Labute approximate surface area is 145 Å². The zero-order valence-corrected chi connectivity index (χ0v) is 14.8. The fourth-order valence-electron chi connectivity index (χ4n) is 2.08. The number of halogens is 3. The van der Waals surface area contributed by atoms with E-state index in [9.17, 15) is 0 Å². The SMILES string of the molecule is ClC(c1cnn(-c2ccccc2)c1)c1cc(Br)ccc1Br. The van der Waals surface area contributed by atoms with E-state index in [1.807, 2.05) is 59.4 Å². The molecule has 2 aromatic carbocycles. The maximum absolute atomic E-state index is 6.61. The van der Waals surface area contributed by atoms with Crippen LogP contribution in [0.25, 0.3) is 5.69 Å². The van der Waals surface area contributed by atoms with Crippen molar-refractivity contribution in [1.82, 2.24) is 9.78 Å². The number of hydrogen-bond acceptors (Lipinski definition) is 1. The third-order valence-corrected chi connectivity index (χ3v) is 4.85. The Morgan fingerprint density at radius 1 is 1.05 bits per heavy atom. The van der Waals surface area contributed by atoms with Crippen LogP contribution in [0.1, 0.15) is 16.5 Å². The van der Waals surface area contributed by atoms with Crippen LogP contribution in [0.4, 0.5) is 0 Å². The summed E-state index contributed by atoms with van der Waals surface area (Å²) in [6.07, 6.45) is 3.76. The van der Waals surface area contributed by atoms with Crippen LogP contribution < -0.4 is 0 Å². The summed E-state index contributed by atoms with van der Waals surface area (Å²) in [6.45, 7) is 0. The second kappa shape index (κ2) is 6.34. The van der Waals surface area contributed by atoms with Crippen LogP contribution >= 0.6 is 43.5 Å². The summed E-state index contributed by atoms with van der Waals surface area (Å²) in [7, 11) is 0. The van der Waals surface area contributed by atoms with Crippen molar-refractivity contribution < 1.29 is 0 Å². The van der Waals surface area contributed by atoms with Crippen molar-refractivity contribution in [2.45, 2.75) is 5.38 Å². The van der Waals surface area contributed by atoms with E-state index in [2.05, 4.69) is 37.0 Å². The molecular formula is C16H11Br2ClN2. The number of alkyl halides is 1. The Kier molecular flexibility index (Phi) is 4.48. The van der Waals surface area contributed by atoms with Gasteiger partial charge in [-0.15, -0.1) is 11.6 Å². The molecule has 0 bridgehead atoms. The molecule has 106 valence electrons. The molecule has 1 aromatic heterocycles. The van der Waals surface area contributed by atoms with Gasteiger partial charge in [0, 0.05) is 20.7 Å². The normalized spacial score (nSPS) is 12.3. The Morgan fingerprint density at radius 3 is 2.57 bits per heavy atom. The largest absolute Gasteiger partial charge is 0.241 e. The number of benzene rings is 2. The summed E-state index contributed by atoms with van der Waals surface area (Å²) in [5, 5.41) is 4.14. The topological polar surface area (TPSA) is 17.8 Å². The van der Waals surface area contributed by atoms with E-state index in [1.165, 1.54) is 0 Å². The number of aromatic nitrogens is 2.